The number of aromatic nitrogens is 5. The Kier molecular flexibility index (Phi) is 9.28. The number of hydrogen-bond acceptors (Lipinski definition) is 9. The first-order chi connectivity index (χ1) is 18.2. The zero-order valence-electron chi connectivity index (χ0n) is 21.2. The number of carbonyl (C=O) groups is 2. The molecule has 0 saturated carbocycles. The van der Waals surface area contributed by atoms with Gasteiger partial charge < -0.3 is 16.2 Å². The van der Waals surface area contributed by atoms with Gasteiger partial charge in [-0.15, -0.1) is 12.4 Å². The highest BCUT2D eigenvalue weighted by Crippen LogP contribution is 2.36. The number of nitrogens with zero attached hydrogens (tertiary/aromatic N) is 7. The molecule has 3 aromatic rings. The van der Waals surface area contributed by atoms with Crippen LogP contribution in [0.1, 0.15) is 32.6 Å². The standard InChI is InChI=1S/C23H29N9O5S.ClH/c1-2-38(36,37)30-13-23(14-30,7-9-25)32-12-16(11-28-32)19-17-6-10-31(20(17)27-15-26-19)22(35)29-18(21(33)34)5-3-4-8-24;/h6,10-12,15,18H,2-5,7-8,13-14,24H2,1H3,(H,29,35)(H,33,34);1H/t18-;/m0./s1. The molecule has 0 bridgehead atoms. The normalized spacial score (nSPS) is 15.6. The van der Waals surface area contributed by atoms with Crippen LogP contribution in [0.25, 0.3) is 22.3 Å². The maximum Gasteiger partial charge on any atom is 0.327 e. The Bertz CT molecular complexity index is 1490. The molecule has 0 spiro atoms. The lowest BCUT2D eigenvalue weighted by molar-refractivity contribution is -0.139. The number of carboxylic acid groups (broad SMARTS) is 1. The molecule has 0 radical (unpaired) electrons. The molecule has 4 heterocycles. The van der Waals surface area contributed by atoms with Crippen LogP contribution in [0.2, 0.25) is 0 Å². The van der Waals surface area contributed by atoms with Gasteiger partial charge in [0.05, 0.1) is 30.1 Å². The van der Waals surface area contributed by atoms with Crippen molar-refractivity contribution in [3.63, 3.8) is 0 Å². The molecule has 1 amide bonds. The Hall–Kier alpha value is -3.58. The maximum absolute atomic E-state index is 12.9. The highest BCUT2D eigenvalue weighted by Gasteiger charge is 2.49. The number of nitriles is 1. The summed E-state index contributed by atoms with van der Waals surface area (Å²) in [6, 6.07) is 2.07. The number of sulfonamides is 1. The molecule has 4 rings (SSSR count). The van der Waals surface area contributed by atoms with Crippen LogP contribution in [0.15, 0.2) is 31.0 Å². The summed E-state index contributed by atoms with van der Waals surface area (Å²) in [4.78, 5) is 33.1. The number of fused-ring (bicyclic) bond motifs is 1. The molecule has 16 heteroatoms. The molecule has 0 aliphatic carbocycles. The first-order valence-corrected chi connectivity index (χ1v) is 13.7. The number of nitrogens with two attached hydrogens (primary N) is 1. The van der Waals surface area contributed by atoms with Crippen LogP contribution in [0, 0.1) is 11.3 Å². The maximum atomic E-state index is 12.9. The lowest BCUT2D eigenvalue weighted by atomic mass is 9.89. The topological polar surface area (TPSA) is 202 Å². The van der Waals surface area contributed by atoms with Crippen molar-refractivity contribution in [1.29, 1.82) is 5.26 Å². The van der Waals surface area contributed by atoms with Gasteiger partial charge in [-0.05, 0) is 38.8 Å². The SMILES string of the molecule is CCS(=O)(=O)N1CC(CC#N)(n2cc(-c3ncnc4c3ccn4C(=O)N[C@@H](CCCCN)C(=O)O)cn2)C1.Cl. The van der Waals surface area contributed by atoms with Crippen LogP contribution < -0.4 is 11.1 Å². The van der Waals surface area contributed by atoms with Crippen LogP contribution in [0.3, 0.4) is 0 Å². The number of hydrogen-bond donors (Lipinski definition) is 3. The molecule has 3 aromatic heterocycles. The van der Waals surface area contributed by atoms with Crippen molar-refractivity contribution in [2.24, 2.45) is 5.73 Å². The molecule has 0 unspecified atom stereocenters. The van der Waals surface area contributed by atoms with Crippen molar-refractivity contribution in [2.45, 2.75) is 44.2 Å². The molecule has 1 aliphatic rings. The minimum atomic E-state index is -3.38. The lowest BCUT2D eigenvalue weighted by Gasteiger charge is -2.47. The quantitative estimate of drug-likeness (QED) is 0.276. The number of amides is 1. The second-order valence-electron chi connectivity index (χ2n) is 9.17. The molecule has 1 aliphatic heterocycles. The van der Waals surface area contributed by atoms with Crippen LogP contribution in [-0.2, 0) is 20.4 Å². The number of halogens is 1. The predicted octanol–water partition coefficient (Wildman–Crippen LogP) is 1.13. The summed E-state index contributed by atoms with van der Waals surface area (Å²) < 4.78 is 28.6. The zero-order valence-corrected chi connectivity index (χ0v) is 22.9. The van der Waals surface area contributed by atoms with Crippen molar-refractivity contribution in [3.8, 4) is 17.3 Å². The lowest BCUT2D eigenvalue weighted by Crippen LogP contribution is -2.64. The second kappa shape index (κ2) is 12.1. The van der Waals surface area contributed by atoms with E-state index in [1.165, 1.54) is 21.4 Å². The molecule has 210 valence electrons. The summed E-state index contributed by atoms with van der Waals surface area (Å²) in [7, 11) is -3.38. The molecule has 1 fully saturated rings. The summed E-state index contributed by atoms with van der Waals surface area (Å²) in [6.07, 6.45) is 7.58. The molecular weight excluding hydrogens is 550 g/mol. The average Bonchev–Trinajstić information content (AvgIpc) is 3.53. The molecule has 4 N–H and O–H groups in total. The van der Waals surface area contributed by atoms with E-state index in [1.807, 2.05) is 0 Å². The Morgan fingerprint density at radius 2 is 2.05 bits per heavy atom. The van der Waals surface area contributed by atoms with Crippen LogP contribution in [-0.4, -0.2) is 85.6 Å². The summed E-state index contributed by atoms with van der Waals surface area (Å²) in [5, 5.41) is 26.4. The van der Waals surface area contributed by atoms with E-state index in [1.54, 1.807) is 30.1 Å². The third-order valence-corrected chi connectivity index (χ3v) is 8.47. The number of carbonyl (C=O) groups excluding carboxylic acids is 1. The molecule has 1 saturated heterocycles. The number of unbranched alkanes of at least 4 members (excludes halogenated alkanes) is 1. The zero-order chi connectivity index (χ0) is 27.5. The van der Waals surface area contributed by atoms with E-state index >= 15 is 0 Å². The fraction of sp³-hybridized carbons (Fsp3) is 0.478. The first kappa shape index (κ1) is 30.0. The minimum absolute atomic E-state index is 0. The fourth-order valence-electron chi connectivity index (χ4n) is 4.49. The predicted molar refractivity (Wildman–Crippen MR) is 143 cm³/mol. The van der Waals surface area contributed by atoms with Gasteiger partial charge in [-0.1, -0.05) is 0 Å². The number of nitrogens with one attached hydrogen (secondary N) is 1. The molecule has 0 aromatic carbocycles. The number of rotatable bonds is 11. The monoisotopic (exact) mass is 579 g/mol. The number of aliphatic carboxylic acids is 1. The van der Waals surface area contributed by atoms with Crippen LogP contribution >= 0.6 is 12.4 Å². The van der Waals surface area contributed by atoms with Crippen LogP contribution in [0.5, 0.6) is 0 Å². The highest BCUT2D eigenvalue weighted by atomic mass is 35.5. The highest BCUT2D eigenvalue weighted by molar-refractivity contribution is 7.89. The van der Waals surface area contributed by atoms with E-state index in [0.29, 0.717) is 36.0 Å². The first-order valence-electron chi connectivity index (χ1n) is 12.1. The van der Waals surface area contributed by atoms with Gasteiger partial charge in [0, 0.05) is 36.4 Å². The summed E-state index contributed by atoms with van der Waals surface area (Å²) in [5.41, 5.74) is 6.04. The third kappa shape index (κ3) is 5.88. The van der Waals surface area contributed by atoms with Gasteiger partial charge in [-0.3, -0.25) is 9.25 Å². The van der Waals surface area contributed by atoms with Crippen molar-refractivity contribution in [1.82, 2.24) is 33.9 Å². The third-order valence-electron chi connectivity index (χ3n) is 6.69. The fourth-order valence-corrected chi connectivity index (χ4v) is 5.73. The second-order valence-corrected chi connectivity index (χ2v) is 11.4. The largest absolute Gasteiger partial charge is 0.480 e. The van der Waals surface area contributed by atoms with Gasteiger partial charge in [0.1, 0.15) is 17.9 Å². The van der Waals surface area contributed by atoms with E-state index < -0.39 is 33.6 Å². The van der Waals surface area contributed by atoms with E-state index in [0.717, 1.165) is 0 Å². The average molecular weight is 580 g/mol. The van der Waals surface area contributed by atoms with E-state index in [-0.39, 0.29) is 49.7 Å². The molecule has 1 atom stereocenters. The van der Waals surface area contributed by atoms with E-state index in [9.17, 15) is 28.4 Å². The van der Waals surface area contributed by atoms with Gasteiger partial charge in [0.15, 0.2) is 5.65 Å². The van der Waals surface area contributed by atoms with Crippen molar-refractivity contribution in [3.05, 3.63) is 31.0 Å². The molecule has 14 nitrogen and oxygen atoms in total. The van der Waals surface area contributed by atoms with Gasteiger partial charge >= 0.3 is 12.0 Å². The molecule has 39 heavy (non-hydrogen) atoms. The van der Waals surface area contributed by atoms with Crippen molar-refractivity contribution < 1.29 is 23.1 Å². The summed E-state index contributed by atoms with van der Waals surface area (Å²) >= 11 is 0. The van der Waals surface area contributed by atoms with Gasteiger partial charge in [0.2, 0.25) is 10.0 Å². The Morgan fingerprint density at radius 1 is 1.31 bits per heavy atom. The Labute approximate surface area is 231 Å². The van der Waals surface area contributed by atoms with E-state index in [2.05, 4.69) is 26.5 Å². The summed E-state index contributed by atoms with van der Waals surface area (Å²) in [6.45, 7) is 2.29. The molecular formula is C23H30ClN9O5S. The van der Waals surface area contributed by atoms with Crippen molar-refractivity contribution in [2.75, 3.05) is 25.4 Å². The minimum Gasteiger partial charge on any atom is -0.480 e. The van der Waals surface area contributed by atoms with Gasteiger partial charge in [0.25, 0.3) is 0 Å². The number of carboxylic acids is 1. The van der Waals surface area contributed by atoms with Gasteiger partial charge in [-0.25, -0.2) is 28.0 Å². The van der Waals surface area contributed by atoms with E-state index in [4.69, 9.17) is 5.73 Å². The Morgan fingerprint density at radius 3 is 2.69 bits per heavy atom. The smallest absolute Gasteiger partial charge is 0.327 e. The summed E-state index contributed by atoms with van der Waals surface area (Å²) in [5.74, 6) is -1.16. The van der Waals surface area contributed by atoms with Crippen LogP contribution in [0.4, 0.5) is 4.79 Å². The van der Waals surface area contributed by atoms with Crippen molar-refractivity contribution >= 4 is 45.5 Å². The Balaban J connectivity index is 0.00000420. The van der Waals surface area contributed by atoms with Gasteiger partial charge in [-0.2, -0.15) is 14.7 Å².